The van der Waals surface area contributed by atoms with Crippen LogP contribution in [0.4, 0.5) is 11.5 Å². The molecule has 4 nitrogen and oxygen atoms in total. The van der Waals surface area contributed by atoms with Crippen LogP contribution in [0, 0.1) is 0 Å². The van der Waals surface area contributed by atoms with Gasteiger partial charge >= 0.3 is 0 Å². The number of hydrogen-bond donors (Lipinski definition) is 3. The summed E-state index contributed by atoms with van der Waals surface area (Å²) in [7, 11) is 0. The molecule has 1 heterocycles. The van der Waals surface area contributed by atoms with Crippen molar-refractivity contribution in [2.75, 3.05) is 17.6 Å². The fourth-order valence-electron chi connectivity index (χ4n) is 0.935. The zero-order chi connectivity index (χ0) is 9.68. The molecule has 0 aliphatic carbocycles. The first kappa shape index (κ1) is 9.80. The minimum absolute atomic E-state index is 0.269. The Kier molecular flexibility index (Phi) is 3.52. The molecule has 0 aromatic carbocycles. The standard InChI is InChI=1S/C9H15N3O/c1-7(13)4-5-11-8-2-3-9(10)12-6-8/h2-3,6-7,11,13H,4-5H2,1H3,(H2,10,12). The molecule has 1 aromatic heterocycles. The van der Waals surface area contributed by atoms with Crippen LogP contribution in [-0.2, 0) is 0 Å². The molecule has 4 heteroatoms. The van der Waals surface area contributed by atoms with E-state index in [0.29, 0.717) is 5.82 Å². The second-order valence-corrected chi connectivity index (χ2v) is 3.04. The van der Waals surface area contributed by atoms with Crippen molar-refractivity contribution in [3.8, 4) is 0 Å². The van der Waals surface area contributed by atoms with E-state index >= 15 is 0 Å². The number of nitrogens with zero attached hydrogens (tertiary/aromatic N) is 1. The van der Waals surface area contributed by atoms with E-state index in [0.717, 1.165) is 18.7 Å². The van der Waals surface area contributed by atoms with Crippen molar-refractivity contribution in [2.45, 2.75) is 19.4 Å². The average molecular weight is 181 g/mol. The van der Waals surface area contributed by atoms with Crippen molar-refractivity contribution in [3.63, 3.8) is 0 Å². The lowest BCUT2D eigenvalue weighted by Gasteiger charge is -2.07. The van der Waals surface area contributed by atoms with Crippen molar-refractivity contribution in [1.82, 2.24) is 4.98 Å². The van der Waals surface area contributed by atoms with Gasteiger partial charge in [-0.05, 0) is 25.5 Å². The Hall–Kier alpha value is -1.29. The van der Waals surface area contributed by atoms with E-state index in [4.69, 9.17) is 10.8 Å². The summed E-state index contributed by atoms with van der Waals surface area (Å²) in [6.07, 6.45) is 2.14. The Bertz CT molecular complexity index is 246. The van der Waals surface area contributed by atoms with Crippen LogP contribution in [0.1, 0.15) is 13.3 Å². The highest BCUT2D eigenvalue weighted by Gasteiger charge is 1.95. The van der Waals surface area contributed by atoms with Crippen LogP contribution in [0.25, 0.3) is 0 Å². The first-order chi connectivity index (χ1) is 6.18. The molecule has 72 valence electrons. The Balaban J connectivity index is 2.33. The molecule has 1 unspecified atom stereocenters. The predicted octanol–water partition coefficient (Wildman–Crippen LogP) is 0.847. The van der Waals surface area contributed by atoms with Gasteiger partial charge in [0.1, 0.15) is 5.82 Å². The first-order valence-electron chi connectivity index (χ1n) is 4.32. The van der Waals surface area contributed by atoms with Crippen LogP contribution in [0.15, 0.2) is 18.3 Å². The largest absolute Gasteiger partial charge is 0.393 e. The van der Waals surface area contributed by atoms with E-state index < -0.39 is 0 Å². The highest BCUT2D eigenvalue weighted by molar-refractivity contribution is 5.45. The summed E-state index contributed by atoms with van der Waals surface area (Å²) in [5.41, 5.74) is 6.35. The van der Waals surface area contributed by atoms with Crippen LogP contribution in [0.2, 0.25) is 0 Å². The fourth-order valence-corrected chi connectivity index (χ4v) is 0.935. The van der Waals surface area contributed by atoms with Gasteiger partial charge in [-0.25, -0.2) is 4.98 Å². The van der Waals surface area contributed by atoms with Gasteiger partial charge in [0.2, 0.25) is 0 Å². The zero-order valence-corrected chi connectivity index (χ0v) is 7.70. The normalized spacial score (nSPS) is 12.5. The molecule has 0 aliphatic heterocycles. The molecule has 0 bridgehead atoms. The van der Waals surface area contributed by atoms with Crippen molar-refractivity contribution in [1.29, 1.82) is 0 Å². The van der Waals surface area contributed by atoms with E-state index in [2.05, 4.69) is 10.3 Å². The van der Waals surface area contributed by atoms with Gasteiger partial charge in [0, 0.05) is 6.54 Å². The number of aromatic nitrogens is 1. The van der Waals surface area contributed by atoms with Gasteiger partial charge < -0.3 is 16.2 Å². The number of nitrogens with two attached hydrogens (primary N) is 1. The number of rotatable bonds is 4. The second-order valence-electron chi connectivity index (χ2n) is 3.04. The predicted molar refractivity (Wildman–Crippen MR) is 53.4 cm³/mol. The third-order valence-corrected chi connectivity index (χ3v) is 1.68. The summed E-state index contributed by atoms with van der Waals surface area (Å²) in [5, 5.41) is 12.1. The Morgan fingerprint density at radius 3 is 2.92 bits per heavy atom. The monoisotopic (exact) mass is 181 g/mol. The lowest BCUT2D eigenvalue weighted by Crippen LogP contribution is -2.09. The molecule has 4 N–H and O–H groups in total. The molecular formula is C9H15N3O. The molecule has 1 atom stereocenters. The summed E-state index contributed by atoms with van der Waals surface area (Å²) in [6.45, 7) is 2.51. The van der Waals surface area contributed by atoms with Gasteiger partial charge in [-0.3, -0.25) is 0 Å². The van der Waals surface area contributed by atoms with Gasteiger partial charge in [0.05, 0.1) is 18.0 Å². The summed E-state index contributed by atoms with van der Waals surface area (Å²) in [4.78, 5) is 3.93. The highest BCUT2D eigenvalue weighted by Crippen LogP contribution is 2.06. The molecule has 1 rings (SSSR count). The van der Waals surface area contributed by atoms with Crippen molar-refractivity contribution in [3.05, 3.63) is 18.3 Å². The lowest BCUT2D eigenvalue weighted by atomic mass is 10.3. The fraction of sp³-hybridized carbons (Fsp3) is 0.444. The van der Waals surface area contributed by atoms with Crippen LogP contribution >= 0.6 is 0 Å². The van der Waals surface area contributed by atoms with E-state index in [9.17, 15) is 0 Å². The number of aliphatic hydroxyl groups is 1. The SMILES string of the molecule is CC(O)CCNc1ccc(N)nc1. The smallest absolute Gasteiger partial charge is 0.123 e. The summed E-state index contributed by atoms with van der Waals surface area (Å²) >= 11 is 0. The van der Waals surface area contributed by atoms with Crippen LogP contribution in [-0.4, -0.2) is 22.7 Å². The molecule has 0 spiro atoms. The van der Waals surface area contributed by atoms with Crippen molar-refractivity contribution >= 4 is 11.5 Å². The van der Waals surface area contributed by atoms with E-state index in [1.807, 2.05) is 6.07 Å². The minimum atomic E-state index is -0.269. The summed E-state index contributed by atoms with van der Waals surface area (Å²) in [5.74, 6) is 0.515. The number of hydrogen-bond acceptors (Lipinski definition) is 4. The molecule has 0 saturated heterocycles. The van der Waals surface area contributed by atoms with Gasteiger partial charge in [-0.2, -0.15) is 0 Å². The number of nitrogen functional groups attached to an aromatic ring is 1. The third kappa shape index (κ3) is 3.75. The van der Waals surface area contributed by atoms with E-state index in [1.54, 1.807) is 19.2 Å². The third-order valence-electron chi connectivity index (χ3n) is 1.68. The highest BCUT2D eigenvalue weighted by atomic mass is 16.3. The Labute approximate surface area is 77.8 Å². The number of anilines is 2. The molecule has 0 radical (unpaired) electrons. The van der Waals surface area contributed by atoms with Gasteiger partial charge in [0.15, 0.2) is 0 Å². The average Bonchev–Trinajstić information content (AvgIpc) is 2.08. The second kappa shape index (κ2) is 4.67. The van der Waals surface area contributed by atoms with Crippen LogP contribution < -0.4 is 11.1 Å². The Morgan fingerprint density at radius 2 is 2.38 bits per heavy atom. The molecule has 1 aromatic rings. The summed E-state index contributed by atoms with van der Waals surface area (Å²) in [6, 6.07) is 3.61. The van der Waals surface area contributed by atoms with Crippen molar-refractivity contribution < 1.29 is 5.11 Å². The van der Waals surface area contributed by atoms with Crippen LogP contribution in [0.3, 0.4) is 0 Å². The molecule has 13 heavy (non-hydrogen) atoms. The van der Waals surface area contributed by atoms with Gasteiger partial charge in [0.25, 0.3) is 0 Å². The number of aliphatic hydroxyl groups excluding tert-OH is 1. The maximum absolute atomic E-state index is 9.00. The topological polar surface area (TPSA) is 71.2 Å². The number of pyridine rings is 1. The first-order valence-corrected chi connectivity index (χ1v) is 4.32. The lowest BCUT2D eigenvalue weighted by molar-refractivity contribution is 0.189. The van der Waals surface area contributed by atoms with E-state index in [1.165, 1.54) is 0 Å². The maximum Gasteiger partial charge on any atom is 0.123 e. The molecular weight excluding hydrogens is 166 g/mol. The van der Waals surface area contributed by atoms with Gasteiger partial charge in [-0.15, -0.1) is 0 Å². The van der Waals surface area contributed by atoms with E-state index in [-0.39, 0.29) is 6.10 Å². The minimum Gasteiger partial charge on any atom is -0.393 e. The van der Waals surface area contributed by atoms with Gasteiger partial charge in [-0.1, -0.05) is 0 Å². The number of nitrogens with one attached hydrogen (secondary N) is 1. The maximum atomic E-state index is 9.00. The molecule has 0 amide bonds. The molecule has 0 aliphatic rings. The molecule has 0 saturated carbocycles. The quantitative estimate of drug-likeness (QED) is 0.644. The molecule has 0 fully saturated rings. The van der Waals surface area contributed by atoms with Crippen molar-refractivity contribution in [2.24, 2.45) is 0 Å². The summed E-state index contributed by atoms with van der Waals surface area (Å²) < 4.78 is 0. The Morgan fingerprint density at radius 1 is 1.62 bits per heavy atom. The zero-order valence-electron chi connectivity index (χ0n) is 7.70. The van der Waals surface area contributed by atoms with Crippen LogP contribution in [0.5, 0.6) is 0 Å².